The summed E-state index contributed by atoms with van der Waals surface area (Å²) in [5.74, 6) is 0.627. The van der Waals surface area contributed by atoms with E-state index in [1.165, 1.54) is 19.2 Å². The van der Waals surface area contributed by atoms with Crippen molar-refractivity contribution in [1.29, 1.82) is 0 Å². The molecule has 1 aliphatic rings. The molecule has 0 saturated carbocycles. The summed E-state index contributed by atoms with van der Waals surface area (Å²) >= 11 is 0. The number of ether oxygens (including phenoxy) is 1. The number of nitro groups is 1. The zero-order valence-corrected chi connectivity index (χ0v) is 12.2. The molecule has 7 heteroatoms. The summed E-state index contributed by atoms with van der Waals surface area (Å²) in [7, 11) is 3.27. The molecule has 1 unspecified atom stereocenters. The molecule has 114 valence electrons. The van der Waals surface area contributed by atoms with Gasteiger partial charge < -0.3 is 15.0 Å². The van der Waals surface area contributed by atoms with Gasteiger partial charge in [-0.05, 0) is 18.1 Å². The normalized spacial score (nSPS) is 18.7. The van der Waals surface area contributed by atoms with E-state index in [2.05, 4.69) is 5.32 Å². The molecule has 7 nitrogen and oxygen atoms in total. The predicted molar refractivity (Wildman–Crippen MR) is 77.1 cm³/mol. The molecule has 1 amide bonds. The van der Waals surface area contributed by atoms with Crippen LogP contribution in [0, 0.1) is 10.1 Å². The topological polar surface area (TPSA) is 84.7 Å². The number of carbonyl (C=O) groups is 1. The smallest absolute Gasteiger partial charge is 0.273 e. The predicted octanol–water partition coefficient (Wildman–Crippen LogP) is 1.31. The van der Waals surface area contributed by atoms with Crippen LogP contribution >= 0.6 is 0 Å². The summed E-state index contributed by atoms with van der Waals surface area (Å²) < 4.78 is 5.08. The van der Waals surface area contributed by atoms with Crippen LogP contribution in [0.2, 0.25) is 0 Å². The highest BCUT2D eigenvalue weighted by atomic mass is 16.6. The van der Waals surface area contributed by atoms with Gasteiger partial charge in [-0.3, -0.25) is 14.9 Å². The minimum Gasteiger partial charge on any atom is -0.496 e. The Balaban J connectivity index is 2.01. The third-order valence-electron chi connectivity index (χ3n) is 3.62. The van der Waals surface area contributed by atoms with E-state index in [-0.39, 0.29) is 17.6 Å². The van der Waals surface area contributed by atoms with E-state index in [4.69, 9.17) is 4.74 Å². The van der Waals surface area contributed by atoms with Gasteiger partial charge in [0.2, 0.25) is 5.91 Å². The fourth-order valence-corrected chi connectivity index (χ4v) is 2.41. The zero-order chi connectivity index (χ0) is 15.4. The molecule has 2 rings (SSSR count). The first-order valence-corrected chi connectivity index (χ1v) is 6.79. The molecule has 1 atom stereocenters. The number of nitro benzene ring substituents is 1. The van der Waals surface area contributed by atoms with E-state index in [0.717, 1.165) is 12.0 Å². The van der Waals surface area contributed by atoms with Crippen molar-refractivity contribution in [2.75, 3.05) is 20.7 Å². The Hall–Kier alpha value is -2.15. The number of hydrogen-bond acceptors (Lipinski definition) is 5. The van der Waals surface area contributed by atoms with Crippen molar-refractivity contribution in [3.63, 3.8) is 0 Å². The van der Waals surface area contributed by atoms with Gasteiger partial charge in [0, 0.05) is 38.7 Å². The number of piperidine rings is 1. The van der Waals surface area contributed by atoms with E-state index in [1.807, 2.05) is 0 Å². The lowest BCUT2D eigenvalue weighted by atomic mass is 10.1. The van der Waals surface area contributed by atoms with Gasteiger partial charge in [-0.15, -0.1) is 0 Å². The maximum Gasteiger partial charge on any atom is 0.273 e. The van der Waals surface area contributed by atoms with Crippen molar-refractivity contribution in [1.82, 2.24) is 10.2 Å². The van der Waals surface area contributed by atoms with Crippen LogP contribution < -0.4 is 10.1 Å². The largest absolute Gasteiger partial charge is 0.496 e. The lowest BCUT2D eigenvalue weighted by molar-refractivity contribution is -0.385. The summed E-state index contributed by atoms with van der Waals surface area (Å²) in [6.07, 6.45) is 1.32. The van der Waals surface area contributed by atoms with Crippen LogP contribution in [0.15, 0.2) is 18.2 Å². The third kappa shape index (κ3) is 3.91. The third-order valence-corrected chi connectivity index (χ3v) is 3.62. The number of non-ortho nitro benzene ring substituents is 1. The summed E-state index contributed by atoms with van der Waals surface area (Å²) in [5.41, 5.74) is 0.808. The minimum atomic E-state index is -0.431. The van der Waals surface area contributed by atoms with Gasteiger partial charge in [0.05, 0.1) is 18.1 Å². The highest BCUT2D eigenvalue weighted by molar-refractivity contribution is 5.76. The van der Waals surface area contributed by atoms with Gasteiger partial charge in [-0.2, -0.15) is 0 Å². The van der Waals surface area contributed by atoms with Crippen molar-refractivity contribution in [3.05, 3.63) is 33.9 Å². The van der Waals surface area contributed by atoms with Crippen LogP contribution in [-0.2, 0) is 11.3 Å². The Morgan fingerprint density at radius 3 is 2.86 bits per heavy atom. The van der Waals surface area contributed by atoms with Crippen LogP contribution in [0.4, 0.5) is 5.69 Å². The van der Waals surface area contributed by atoms with Crippen molar-refractivity contribution in [3.8, 4) is 5.75 Å². The van der Waals surface area contributed by atoms with Crippen LogP contribution in [0.1, 0.15) is 18.4 Å². The van der Waals surface area contributed by atoms with Crippen LogP contribution in [0.3, 0.4) is 0 Å². The maximum atomic E-state index is 11.4. The van der Waals surface area contributed by atoms with E-state index < -0.39 is 4.92 Å². The number of hydrogen-bond donors (Lipinski definition) is 1. The first kappa shape index (κ1) is 15.2. The molecule has 1 saturated heterocycles. The highest BCUT2D eigenvalue weighted by Crippen LogP contribution is 2.22. The van der Waals surface area contributed by atoms with Gasteiger partial charge in [0.1, 0.15) is 5.75 Å². The van der Waals surface area contributed by atoms with E-state index in [1.54, 1.807) is 18.0 Å². The second kappa shape index (κ2) is 6.53. The Kier molecular flexibility index (Phi) is 4.74. The Morgan fingerprint density at radius 1 is 1.48 bits per heavy atom. The number of likely N-dealkylation sites (N-methyl/N-ethyl adjacent to an activating group) is 1. The number of rotatable bonds is 5. The number of nitrogens with one attached hydrogen (secondary N) is 1. The van der Waals surface area contributed by atoms with Gasteiger partial charge in [-0.1, -0.05) is 0 Å². The molecular formula is C14H19N3O4. The SMILES string of the molecule is COc1cc(CNC2CCC(=O)N(C)C2)cc([N+](=O)[O-])c1. The summed E-state index contributed by atoms with van der Waals surface area (Å²) in [6.45, 7) is 1.16. The quantitative estimate of drug-likeness (QED) is 0.653. The number of carbonyl (C=O) groups excluding carboxylic acids is 1. The van der Waals surface area contributed by atoms with Crippen molar-refractivity contribution < 1.29 is 14.5 Å². The second-order valence-electron chi connectivity index (χ2n) is 5.19. The number of amides is 1. The molecule has 1 heterocycles. The first-order valence-electron chi connectivity index (χ1n) is 6.79. The highest BCUT2D eigenvalue weighted by Gasteiger charge is 2.22. The number of methoxy groups -OCH3 is 1. The average molecular weight is 293 g/mol. The number of nitrogens with zero attached hydrogens (tertiary/aromatic N) is 2. The molecule has 1 aromatic carbocycles. The van der Waals surface area contributed by atoms with Gasteiger partial charge >= 0.3 is 0 Å². The van der Waals surface area contributed by atoms with Gasteiger partial charge in [0.25, 0.3) is 5.69 Å². The van der Waals surface area contributed by atoms with Crippen molar-refractivity contribution >= 4 is 11.6 Å². The second-order valence-corrected chi connectivity index (χ2v) is 5.19. The molecule has 1 aliphatic heterocycles. The lowest BCUT2D eigenvalue weighted by Gasteiger charge is -2.30. The summed E-state index contributed by atoms with van der Waals surface area (Å²) in [4.78, 5) is 23.6. The fraction of sp³-hybridized carbons (Fsp3) is 0.500. The van der Waals surface area contributed by atoms with Crippen molar-refractivity contribution in [2.24, 2.45) is 0 Å². The van der Waals surface area contributed by atoms with Crippen LogP contribution in [-0.4, -0.2) is 42.5 Å². The zero-order valence-electron chi connectivity index (χ0n) is 12.2. The molecule has 1 N–H and O–H groups in total. The number of benzene rings is 1. The Bertz CT molecular complexity index is 547. The van der Waals surface area contributed by atoms with Crippen molar-refractivity contribution in [2.45, 2.75) is 25.4 Å². The van der Waals surface area contributed by atoms with E-state index in [0.29, 0.717) is 25.3 Å². The monoisotopic (exact) mass is 293 g/mol. The average Bonchev–Trinajstić information content (AvgIpc) is 2.48. The van der Waals surface area contributed by atoms with E-state index >= 15 is 0 Å². The van der Waals surface area contributed by atoms with Crippen LogP contribution in [0.5, 0.6) is 5.75 Å². The Morgan fingerprint density at radius 2 is 2.24 bits per heavy atom. The van der Waals surface area contributed by atoms with E-state index in [9.17, 15) is 14.9 Å². The molecule has 0 radical (unpaired) electrons. The molecule has 0 spiro atoms. The molecule has 1 fully saturated rings. The molecule has 0 aromatic heterocycles. The molecule has 0 aliphatic carbocycles. The molecular weight excluding hydrogens is 274 g/mol. The molecule has 1 aromatic rings. The first-order chi connectivity index (χ1) is 9.99. The minimum absolute atomic E-state index is 0.0158. The summed E-state index contributed by atoms with van der Waals surface area (Å²) in [6, 6.07) is 4.92. The molecule has 21 heavy (non-hydrogen) atoms. The van der Waals surface area contributed by atoms with Gasteiger partial charge in [0.15, 0.2) is 0 Å². The maximum absolute atomic E-state index is 11.4. The Labute approximate surface area is 123 Å². The summed E-state index contributed by atoms with van der Waals surface area (Å²) in [5, 5.41) is 14.2. The lowest BCUT2D eigenvalue weighted by Crippen LogP contribution is -2.46. The van der Waals surface area contributed by atoms with Gasteiger partial charge in [-0.25, -0.2) is 0 Å². The van der Waals surface area contributed by atoms with Crippen LogP contribution in [0.25, 0.3) is 0 Å². The fourth-order valence-electron chi connectivity index (χ4n) is 2.41. The number of likely N-dealkylation sites (tertiary alicyclic amines) is 1. The standard InChI is InChI=1S/C14H19N3O4/c1-16-9-11(3-4-14(16)18)15-8-10-5-12(17(19)20)7-13(6-10)21-2/h5-7,11,15H,3-4,8-9H2,1-2H3. The molecule has 0 bridgehead atoms.